The monoisotopic (exact) mass is 471 g/mol. The summed E-state index contributed by atoms with van der Waals surface area (Å²) in [4.78, 5) is 8.88. The van der Waals surface area contributed by atoms with E-state index in [1.807, 2.05) is 0 Å². The van der Waals surface area contributed by atoms with Crippen LogP contribution in [0.15, 0.2) is 40.8 Å². The number of benzene rings is 1. The smallest absolute Gasteiger partial charge is 0.171 e. The van der Waals surface area contributed by atoms with E-state index in [1.54, 1.807) is 7.11 Å². The van der Waals surface area contributed by atoms with E-state index in [4.69, 9.17) is 20.6 Å². The molecule has 1 saturated carbocycles. The molecule has 1 saturated heterocycles. The van der Waals surface area contributed by atoms with Gasteiger partial charge in [-0.2, -0.15) is 0 Å². The molecule has 3 rings (SSSR count). The van der Waals surface area contributed by atoms with Gasteiger partial charge < -0.3 is 25.8 Å². The van der Waals surface area contributed by atoms with Gasteiger partial charge in [0, 0.05) is 52.4 Å². The van der Waals surface area contributed by atoms with E-state index in [0.717, 1.165) is 31.2 Å². The van der Waals surface area contributed by atoms with Crippen molar-refractivity contribution < 1.29 is 9.47 Å². The number of nitrogens with one attached hydrogen (secondary N) is 3. The number of nitrogens with zero attached hydrogens (tertiary/aromatic N) is 3. The SMILES string of the molecule is C=NC(=N)/C(N)=C(\NCOCCOC)NCc1ccc(CN2CCN(C3CCCC3)CC2)cc1. The highest BCUT2D eigenvalue weighted by Gasteiger charge is 2.25. The van der Waals surface area contributed by atoms with E-state index >= 15 is 0 Å². The van der Waals surface area contributed by atoms with Crippen LogP contribution in [0.2, 0.25) is 0 Å². The Balaban J connectivity index is 1.46. The number of nitrogens with two attached hydrogens (primary N) is 1. The lowest BCUT2D eigenvalue weighted by molar-refractivity contribution is 0.0636. The first-order valence-electron chi connectivity index (χ1n) is 12.2. The van der Waals surface area contributed by atoms with Crippen molar-refractivity contribution in [3.8, 4) is 0 Å². The van der Waals surface area contributed by atoms with Crippen molar-refractivity contribution in [2.45, 2.75) is 44.8 Å². The van der Waals surface area contributed by atoms with Crippen LogP contribution in [-0.2, 0) is 22.6 Å². The van der Waals surface area contributed by atoms with Crippen LogP contribution >= 0.6 is 0 Å². The Morgan fingerprint density at radius 2 is 1.76 bits per heavy atom. The Kier molecular flexibility index (Phi) is 10.8. The van der Waals surface area contributed by atoms with Gasteiger partial charge in [-0.15, -0.1) is 0 Å². The van der Waals surface area contributed by atoms with Crippen LogP contribution in [0, 0.1) is 5.41 Å². The topological polar surface area (TPSA) is 111 Å². The van der Waals surface area contributed by atoms with E-state index in [1.165, 1.54) is 44.3 Å². The summed E-state index contributed by atoms with van der Waals surface area (Å²) in [5.41, 5.74) is 8.71. The summed E-state index contributed by atoms with van der Waals surface area (Å²) in [5, 5.41) is 14.2. The maximum Gasteiger partial charge on any atom is 0.171 e. The van der Waals surface area contributed by atoms with Gasteiger partial charge in [0.05, 0.1) is 13.2 Å². The molecule has 2 fully saturated rings. The second-order valence-electron chi connectivity index (χ2n) is 8.94. The number of hydrogen-bond acceptors (Lipinski definition) is 8. The van der Waals surface area contributed by atoms with Crippen LogP contribution in [0.25, 0.3) is 0 Å². The van der Waals surface area contributed by atoms with Crippen molar-refractivity contribution in [2.24, 2.45) is 10.7 Å². The summed E-state index contributed by atoms with van der Waals surface area (Å²) in [6, 6.07) is 9.50. The maximum absolute atomic E-state index is 7.85. The van der Waals surface area contributed by atoms with Gasteiger partial charge in [-0.05, 0) is 30.7 Å². The quantitative estimate of drug-likeness (QED) is 0.150. The average Bonchev–Trinajstić information content (AvgIpc) is 3.41. The molecule has 0 spiro atoms. The summed E-state index contributed by atoms with van der Waals surface area (Å²) in [6.45, 7) is 10.8. The van der Waals surface area contributed by atoms with Gasteiger partial charge in [0.25, 0.3) is 0 Å². The predicted octanol–water partition coefficient (Wildman–Crippen LogP) is 1.85. The molecule has 9 nitrogen and oxygen atoms in total. The molecule has 1 aliphatic carbocycles. The molecular formula is C25H41N7O2. The van der Waals surface area contributed by atoms with Gasteiger partial charge in [-0.3, -0.25) is 15.2 Å². The first kappa shape index (κ1) is 26.2. The number of hydrogen-bond donors (Lipinski definition) is 4. The third-order valence-corrected chi connectivity index (χ3v) is 6.61. The number of methoxy groups -OCH3 is 1. The Hall–Kier alpha value is -2.46. The number of aliphatic imine (C=N–C) groups is 1. The minimum Gasteiger partial charge on any atom is -0.393 e. The van der Waals surface area contributed by atoms with E-state index < -0.39 is 0 Å². The zero-order valence-corrected chi connectivity index (χ0v) is 20.5. The van der Waals surface area contributed by atoms with Crippen molar-refractivity contribution in [2.75, 3.05) is 53.2 Å². The number of amidine groups is 1. The molecule has 2 aliphatic rings. The molecule has 1 aliphatic heterocycles. The molecule has 1 aromatic carbocycles. The molecular weight excluding hydrogens is 430 g/mol. The van der Waals surface area contributed by atoms with Crippen LogP contribution in [0.4, 0.5) is 0 Å². The maximum atomic E-state index is 7.85. The molecule has 0 radical (unpaired) electrons. The highest BCUT2D eigenvalue weighted by atomic mass is 16.5. The zero-order chi connectivity index (χ0) is 24.2. The normalized spacial score (nSPS) is 18.5. The van der Waals surface area contributed by atoms with Gasteiger partial charge in [0.2, 0.25) is 0 Å². The third-order valence-electron chi connectivity index (χ3n) is 6.61. The fourth-order valence-electron chi connectivity index (χ4n) is 4.56. The van der Waals surface area contributed by atoms with Crippen LogP contribution in [0.1, 0.15) is 36.8 Å². The van der Waals surface area contributed by atoms with Crippen molar-refractivity contribution in [1.29, 1.82) is 5.41 Å². The van der Waals surface area contributed by atoms with Crippen molar-refractivity contribution in [3.63, 3.8) is 0 Å². The molecule has 0 bridgehead atoms. The molecule has 1 heterocycles. The van der Waals surface area contributed by atoms with Crippen molar-refractivity contribution in [3.05, 3.63) is 46.9 Å². The van der Waals surface area contributed by atoms with Crippen LogP contribution in [0.3, 0.4) is 0 Å². The largest absolute Gasteiger partial charge is 0.393 e. The minimum atomic E-state index is -0.0877. The molecule has 34 heavy (non-hydrogen) atoms. The minimum absolute atomic E-state index is 0.0877. The number of ether oxygens (including phenoxy) is 2. The lowest BCUT2D eigenvalue weighted by atomic mass is 10.1. The Morgan fingerprint density at radius 1 is 1.09 bits per heavy atom. The number of rotatable bonds is 13. The summed E-state index contributed by atoms with van der Waals surface area (Å²) in [7, 11) is 1.63. The third kappa shape index (κ3) is 8.09. The second kappa shape index (κ2) is 14.1. The summed E-state index contributed by atoms with van der Waals surface area (Å²) in [5.74, 6) is 0.411. The Labute approximate surface area is 203 Å². The second-order valence-corrected chi connectivity index (χ2v) is 8.94. The van der Waals surface area contributed by atoms with Crippen LogP contribution in [-0.4, -0.2) is 81.6 Å². The van der Waals surface area contributed by atoms with Gasteiger partial charge in [0.15, 0.2) is 5.84 Å². The predicted molar refractivity (Wildman–Crippen MR) is 137 cm³/mol. The fraction of sp³-hybridized carbons (Fsp3) is 0.600. The van der Waals surface area contributed by atoms with Crippen molar-refractivity contribution in [1.82, 2.24) is 20.4 Å². The van der Waals surface area contributed by atoms with E-state index in [0.29, 0.717) is 25.6 Å². The average molecular weight is 472 g/mol. The molecule has 0 unspecified atom stereocenters. The van der Waals surface area contributed by atoms with Gasteiger partial charge in [-0.1, -0.05) is 37.1 Å². The molecule has 0 atom stereocenters. The highest BCUT2D eigenvalue weighted by Crippen LogP contribution is 2.24. The number of piperazine rings is 1. The first-order valence-corrected chi connectivity index (χ1v) is 12.2. The summed E-state index contributed by atoms with van der Waals surface area (Å²) in [6.07, 6.45) is 5.59. The summed E-state index contributed by atoms with van der Waals surface area (Å²) < 4.78 is 10.4. The van der Waals surface area contributed by atoms with Gasteiger partial charge in [0.1, 0.15) is 18.2 Å². The van der Waals surface area contributed by atoms with Crippen LogP contribution in [0.5, 0.6) is 0 Å². The molecule has 9 heteroatoms. The van der Waals surface area contributed by atoms with Gasteiger partial charge >= 0.3 is 0 Å². The molecule has 5 N–H and O–H groups in total. The van der Waals surface area contributed by atoms with E-state index in [9.17, 15) is 0 Å². The van der Waals surface area contributed by atoms with E-state index in [2.05, 4.69) is 56.4 Å². The van der Waals surface area contributed by atoms with Crippen LogP contribution < -0.4 is 16.4 Å². The van der Waals surface area contributed by atoms with E-state index in [-0.39, 0.29) is 18.3 Å². The Morgan fingerprint density at radius 3 is 2.41 bits per heavy atom. The molecule has 0 amide bonds. The lowest BCUT2D eigenvalue weighted by Crippen LogP contribution is -2.49. The lowest BCUT2D eigenvalue weighted by Gasteiger charge is -2.38. The fourth-order valence-corrected chi connectivity index (χ4v) is 4.56. The Bertz CT molecular complexity index is 798. The zero-order valence-electron chi connectivity index (χ0n) is 20.5. The first-order chi connectivity index (χ1) is 16.6. The van der Waals surface area contributed by atoms with Crippen molar-refractivity contribution >= 4 is 12.6 Å². The molecule has 188 valence electrons. The molecule has 0 aromatic heterocycles. The highest BCUT2D eigenvalue weighted by molar-refractivity contribution is 5.98. The van der Waals surface area contributed by atoms with Gasteiger partial charge in [-0.25, -0.2) is 4.99 Å². The molecule has 1 aromatic rings. The summed E-state index contributed by atoms with van der Waals surface area (Å²) >= 11 is 0. The standard InChI is InChI=1S/C25H41N7O2/c1-28-24(27)23(26)25(30-19-34-16-15-33-2)29-17-20-7-9-21(10-8-20)18-31-11-13-32(14-12-31)22-5-3-4-6-22/h7-10,22,27,29-30H,1,3-6,11-19,26H2,2H3/b25-23+,27-24?.